The largest absolute Gasteiger partial charge is 0.475 e. The highest BCUT2D eigenvalue weighted by atomic mass is 35.5. The highest BCUT2D eigenvalue weighted by Gasteiger charge is 2.22. The molecule has 0 saturated carbocycles. The molecule has 1 heterocycles. The first-order valence-electron chi connectivity index (χ1n) is 5.23. The monoisotopic (exact) mass is 257 g/mol. The fourth-order valence-corrected chi connectivity index (χ4v) is 2.09. The number of rotatable bonds is 2. The van der Waals surface area contributed by atoms with E-state index in [9.17, 15) is 0 Å². The van der Waals surface area contributed by atoms with Gasteiger partial charge in [0.25, 0.3) is 0 Å². The number of aliphatic imine (C=N–C) groups is 1. The van der Waals surface area contributed by atoms with E-state index in [1.165, 1.54) is 0 Å². The van der Waals surface area contributed by atoms with E-state index in [1.807, 2.05) is 12.1 Å². The third-order valence-electron chi connectivity index (χ3n) is 2.55. The van der Waals surface area contributed by atoms with Crippen LogP contribution in [0.15, 0.2) is 23.2 Å². The van der Waals surface area contributed by atoms with Crippen LogP contribution >= 0.6 is 23.2 Å². The minimum atomic E-state index is 0.229. The summed E-state index contributed by atoms with van der Waals surface area (Å²) in [7, 11) is 0. The van der Waals surface area contributed by atoms with Gasteiger partial charge in [-0.1, -0.05) is 37.0 Å². The van der Waals surface area contributed by atoms with Crippen molar-refractivity contribution in [2.45, 2.75) is 19.9 Å². The molecule has 1 aliphatic heterocycles. The molecule has 0 N–H and O–H groups in total. The van der Waals surface area contributed by atoms with Gasteiger partial charge in [0, 0.05) is 15.6 Å². The van der Waals surface area contributed by atoms with Crippen molar-refractivity contribution in [2.24, 2.45) is 10.9 Å². The Labute approximate surface area is 105 Å². The molecule has 0 amide bonds. The first-order valence-corrected chi connectivity index (χ1v) is 5.99. The molecule has 2 nitrogen and oxygen atoms in total. The molecule has 0 unspecified atom stereocenters. The molecule has 0 bridgehead atoms. The number of halogens is 2. The van der Waals surface area contributed by atoms with Crippen LogP contribution in [0.25, 0.3) is 0 Å². The molecule has 1 aliphatic rings. The molecule has 0 radical (unpaired) electrons. The lowest BCUT2D eigenvalue weighted by atomic mass is 10.1. The summed E-state index contributed by atoms with van der Waals surface area (Å²) in [6.45, 7) is 4.90. The summed E-state index contributed by atoms with van der Waals surface area (Å²) in [5.74, 6) is 1.12. The summed E-state index contributed by atoms with van der Waals surface area (Å²) < 4.78 is 5.56. The second-order valence-corrected chi connectivity index (χ2v) is 5.09. The predicted molar refractivity (Wildman–Crippen MR) is 67.6 cm³/mol. The zero-order valence-corrected chi connectivity index (χ0v) is 10.7. The van der Waals surface area contributed by atoms with E-state index < -0.39 is 0 Å². The van der Waals surface area contributed by atoms with Gasteiger partial charge in [0.05, 0.1) is 6.04 Å². The Morgan fingerprint density at radius 2 is 1.88 bits per heavy atom. The standard InChI is InChI=1S/C12H13Cl2NO/c1-7(2)11-6-16-12(15-11)8-3-9(13)5-10(14)4-8/h3-5,7,11H,6H2,1-2H3/t11-/m1/s1. The minimum Gasteiger partial charge on any atom is -0.475 e. The summed E-state index contributed by atoms with van der Waals surface area (Å²) in [5.41, 5.74) is 0.848. The molecule has 1 aromatic carbocycles. The maximum atomic E-state index is 5.93. The summed E-state index contributed by atoms with van der Waals surface area (Å²) in [6, 6.07) is 5.55. The van der Waals surface area contributed by atoms with E-state index in [0.29, 0.717) is 28.5 Å². The van der Waals surface area contributed by atoms with Gasteiger partial charge < -0.3 is 4.74 Å². The number of hydrogen-bond acceptors (Lipinski definition) is 2. The van der Waals surface area contributed by atoms with Crippen LogP contribution in [-0.4, -0.2) is 18.5 Å². The maximum absolute atomic E-state index is 5.93. The second kappa shape index (κ2) is 4.64. The van der Waals surface area contributed by atoms with Crippen LogP contribution in [0, 0.1) is 5.92 Å². The highest BCUT2D eigenvalue weighted by molar-refractivity contribution is 6.35. The molecule has 86 valence electrons. The minimum absolute atomic E-state index is 0.229. The van der Waals surface area contributed by atoms with E-state index >= 15 is 0 Å². The lowest BCUT2D eigenvalue weighted by Crippen LogP contribution is -2.13. The van der Waals surface area contributed by atoms with Gasteiger partial charge in [-0.3, -0.25) is 0 Å². The van der Waals surface area contributed by atoms with Crippen molar-refractivity contribution in [1.82, 2.24) is 0 Å². The van der Waals surface area contributed by atoms with E-state index in [2.05, 4.69) is 18.8 Å². The lowest BCUT2D eigenvalue weighted by Gasteiger charge is -2.06. The van der Waals surface area contributed by atoms with Gasteiger partial charge in [-0.2, -0.15) is 0 Å². The number of benzene rings is 1. The van der Waals surface area contributed by atoms with Crippen LogP contribution in [0.4, 0.5) is 0 Å². The Kier molecular flexibility index (Phi) is 3.41. The Bertz CT molecular complexity index is 409. The van der Waals surface area contributed by atoms with Crippen LogP contribution in [0.5, 0.6) is 0 Å². The van der Waals surface area contributed by atoms with E-state index in [-0.39, 0.29) is 6.04 Å². The maximum Gasteiger partial charge on any atom is 0.216 e. The van der Waals surface area contributed by atoms with E-state index in [4.69, 9.17) is 27.9 Å². The normalized spacial score (nSPS) is 19.8. The zero-order valence-electron chi connectivity index (χ0n) is 9.21. The van der Waals surface area contributed by atoms with Gasteiger partial charge >= 0.3 is 0 Å². The Morgan fingerprint density at radius 3 is 2.38 bits per heavy atom. The van der Waals surface area contributed by atoms with Gasteiger partial charge in [-0.05, 0) is 24.1 Å². The van der Waals surface area contributed by atoms with Gasteiger partial charge in [0.1, 0.15) is 6.61 Å². The average Bonchev–Trinajstić information content (AvgIpc) is 2.64. The Hall–Kier alpha value is -0.730. The molecule has 2 rings (SSSR count). The molecule has 1 aromatic rings. The number of nitrogens with zero attached hydrogens (tertiary/aromatic N) is 1. The van der Waals surface area contributed by atoms with Crippen LogP contribution in [-0.2, 0) is 4.74 Å². The fourth-order valence-electron chi connectivity index (χ4n) is 1.57. The lowest BCUT2D eigenvalue weighted by molar-refractivity contribution is 0.292. The third kappa shape index (κ3) is 2.50. The van der Waals surface area contributed by atoms with Crippen molar-refractivity contribution < 1.29 is 4.74 Å². The highest BCUT2D eigenvalue weighted by Crippen LogP contribution is 2.23. The van der Waals surface area contributed by atoms with Crippen LogP contribution in [0.3, 0.4) is 0 Å². The zero-order chi connectivity index (χ0) is 11.7. The van der Waals surface area contributed by atoms with Crippen molar-refractivity contribution in [2.75, 3.05) is 6.61 Å². The molecular formula is C12H13Cl2NO. The Morgan fingerprint density at radius 1 is 1.25 bits per heavy atom. The van der Waals surface area contributed by atoms with Gasteiger partial charge in [-0.15, -0.1) is 0 Å². The van der Waals surface area contributed by atoms with Crippen LogP contribution in [0.2, 0.25) is 10.0 Å². The molecular weight excluding hydrogens is 245 g/mol. The molecule has 1 atom stereocenters. The van der Waals surface area contributed by atoms with Crippen LogP contribution < -0.4 is 0 Å². The third-order valence-corrected chi connectivity index (χ3v) is 2.99. The van der Waals surface area contributed by atoms with Crippen molar-refractivity contribution in [3.63, 3.8) is 0 Å². The smallest absolute Gasteiger partial charge is 0.216 e. The van der Waals surface area contributed by atoms with Crippen molar-refractivity contribution in [3.8, 4) is 0 Å². The number of ether oxygens (including phenoxy) is 1. The molecule has 0 spiro atoms. The van der Waals surface area contributed by atoms with Gasteiger partial charge in [0.2, 0.25) is 5.90 Å². The summed E-state index contributed by atoms with van der Waals surface area (Å²) in [6.07, 6.45) is 0. The topological polar surface area (TPSA) is 21.6 Å². The van der Waals surface area contributed by atoms with Gasteiger partial charge in [-0.25, -0.2) is 4.99 Å². The molecule has 16 heavy (non-hydrogen) atoms. The fraction of sp³-hybridized carbons (Fsp3) is 0.417. The molecule has 0 fully saturated rings. The molecule has 0 aliphatic carbocycles. The molecule has 0 saturated heterocycles. The number of hydrogen-bond donors (Lipinski definition) is 0. The van der Waals surface area contributed by atoms with Crippen LogP contribution in [0.1, 0.15) is 19.4 Å². The SMILES string of the molecule is CC(C)[C@H]1COC(c2cc(Cl)cc(Cl)c2)=N1. The van der Waals surface area contributed by atoms with Crippen molar-refractivity contribution >= 4 is 29.1 Å². The summed E-state index contributed by atoms with van der Waals surface area (Å²) >= 11 is 11.9. The average molecular weight is 258 g/mol. The van der Waals surface area contributed by atoms with Gasteiger partial charge in [0.15, 0.2) is 0 Å². The first kappa shape index (κ1) is 11.7. The van der Waals surface area contributed by atoms with E-state index in [0.717, 1.165) is 5.56 Å². The quantitative estimate of drug-likeness (QED) is 0.790. The van der Waals surface area contributed by atoms with Crippen molar-refractivity contribution in [3.05, 3.63) is 33.8 Å². The molecule has 0 aromatic heterocycles. The molecule has 4 heteroatoms. The predicted octanol–water partition coefficient (Wildman–Crippen LogP) is 3.79. The summed E-state index contributed by atoms with van der Waals surface area (Å²) in [5, 5.41) is 1.20. The van der Waals surface area contributed by atoms with Crippen molar-refractivity contribution in [1.29, 1.82) is 0 Å². The van der Waals surface area contributed by atoms with E-state index in [1.54, 1.807) is 6.07 Å². The first-order chi connectivity index (χ1) is 7.56. The summed E-state index contributed by atoms with van der Waals surface area (Å²) in [4.78, 5) is 4.52. The second-order valence-electron chi connectivity index (χ2n) is 4.21. The Balaban J connectivity index is 2.28.